The minimum atomic E-state index is -0.783. The maximum atomic E-state index is 14.0. The number of alkyl halides is 1. The highest BCUT2D eigenvalue weighted by atomic mass is 19.1. The maximum absolute atomic E-state index is 14.0. The number of aromatic nitrogens is 2. The fraction of sp³-hybridized carbons (Fsp3) is 0.233. The van der Waals surface area contributed by atoms with Crippen molar-refractivity contribution in [2.24, 2.45) is 0 Å². The van der Waals surface area contributed by atoms with Crippen molar-refractivity contribution in [3.05, 3.63) is 123 Å². The highest BCUT2D eigenvalue weighted by molar-refractivity contribution is 5.70. The van der Waals surface area contributed by atoms with E-state index in [1.54, 1.807) is 6.07 Å². The first-order chi connectivity index (χ1) is 17.1. The van der Waals surface area contributed by atoms with Crippen molar-refractivity contribution in [2.75, 3.05) is 0 Å². The van der Waals surface area contributed by atoms with Crippen LogP contribution in [-0.4, -0.2) is 9.55 Å². The van der Waals surface area contributed by atoms with Gasteiger partial charge in [-0.2, -0.15) is 5.26 Å². The summed E-state index contributed by atoms with van der Waals surface area (Å²) in [6, 6.07) is 27.2. The largest absolute Gasteiger partial charge is 0.290 e. The number of halogens is 1. The molecule has 0 spiro atoms. The van der Waals surface area contributed by atoms with Crippen LogP contribution in [0.3, 0.4) is 0 Å². The highest BCUT2D eigenvalue weighted by Crippen LogP contribution is 2.24. The first-order valence-electron chi connectivity index (χ1n) is 11.9. The number of hydrogen-bond donors (Lipinski definition) is 0. The first kappa shape index (κ1) is 24.1. The summed E-state index contributed by atoms with van der Waals surface area (Å²) in [4.78, 5) is 18.3. The van der Waals surface area contributed by atoms with E-state index in [2.05, 4.69) is 18.0 Å². The van der Waals surface area contributed by atoms with Crippen LogP contribution in [0.25, 0.3) is 11.1 Å². The van der Waals surface area contributed by atoms with Gasteiger partial charge in [-0.15, -0.1) is 0 Å². The summed E-state index contributed by atoms with van der Waals surface area (Å²) in [6.45, 7) is 1.59. The lowest BCUT2D eigenvalue weighted by atomic mass is 9.96. The molecule has 4 nitrogen and oxygen atoms in total. The quantitative estimate of drug-likeness (QED) is 0.294. The van der Waals surface area contributed by atoms with E-state index < -0.39 is 6.67 Å². The third-order valence-electron chi connectivity index (χ3n) is 6.19. The molecule has 4 rings (SSSR count). The number of hydrogen-bond acceptors (Lipinski definition) is 3. The Morgan fingerprint density at radius 1 is 0.943 bits per heavy atom. The van der Waals surface area contributed by atoms with E-state index in [9.17, 15) is 14.4 Å². The predicted molar refractivity (Wildman–Crippen MR) is 137 cm³/mol. The van der Waals surface area contributed by atoms with Crippen molar-refractivity contribution in [2.45, 2.75) is 45.8 Å². The standard InChI is InChI=1S/C30H28FN3O/c1-2-3-13-28-27(30(35)34(29(19-31)33-28)21-23-9-5-4-6-10-23)18-22-14-16-24(17-15-22)26-12-8-7-11-25(26)20-32/h4-12,14-17H,2-3,13,18-19,21H2,1H3. The molecule has 3 aromatic carbocycles. The van der Waals surface area contributed by atoms with E-state index in [4.69, 9.17) is 0 Å². The molecule has 0 aliphatic rings. The number of unbranched alkanes of at least 4 members (excludes halogenated alkanes) is 1. The second-order valence-electron chi connectivity index (χ2n) is 8.60. The number of aryl methyl sites for hydroxylation is 1. The summed E-state index contributed by atoms with van der Waals surface area (Å²) in [5.41, 5.74) is 5.48. The van der Waals surface area contributed by atoms with Gasteiger partial charge in [-0.25, -0.2) is 9.37 Å². The summed E-state index contributed by atoms with van der Waals surface area (Å²) in [5.74, 6) is 0.178. The summed E-state index contributed by atoms with van der Waals surface area (Å²) in [6.07, 6.45) is 2.92. The number of nitriles is 1. The lowest BCUT2D eigenvalue weighted by Gasteiger charge is -2.16. The van der Waals surface area contributed by atoms with Crippen LogP contribution in [0.15, 0.2) is 83.7 Å². The molecular formula is C30H28FN3O. The van der Waals surface area contributed by atoms with Crippen molar-refractivity contribution in [1.82, 2.24) is 9.55 Å². The molecule has 0 saturated heterocycles. The van der Waals surface area contributed by atoms with Crippen molar-refractivity contribution in [3.8, 4) is 17.2 Å². The van der Waals surface area contributed by atoms with Gasteiger partial charge >= 0.3 is 0 Å². The molecule has 4 aromatic rings. The van der Waals surface area contributed by atoms with Crippen LogP contribution in [0, 0.1) is 11.3 Å². The fourth-order valence-corrected chi connectivity index (χ4v) is 4.29. The molecule has 5 heteroatoms. The van der Waals surface area contributed by atoms with Gasteiger partial charge in [0.1, 0.15) is 12.5 Å². The summed E-state index contributed by atoms with van der Waals surface area (Å²) in [7, 11) is 0. The summed E-state index contributed by atoms with van der Waals surface area (Å²) in [5, 5.41) is 9.41. The van der Waals surface area contributed by atoms with Gasteiger partial charge < -0.3 is 0 Å². The van der Waals surface area contributed by atoms with Crippen LogP contribution in [0.5, 0.6) is 0 Å². The molecule has 0 N–H and O–H groups in total. The molecule has 35 heavy (non-hydrogen) atoms. The van der Waals surface area contributed by atoms with E-state index in [-0.39, 0.29) is 17.9 Å². The van der Waals surface area contributed by atoms with Crippen LogP contribution in [0.4, 0.5) is 4.39 Å². The highest BCUT2D eigenvalue weighted by Gasteiger charge is 2.17. The van der Waals surface area contributed by atoms with E-state index in [0.29, 0.717) is 29.7 Å². The lowest BCUT2D eigenvalue weighted by Crippen LogP contribution is -2.30. The van der Waals surface area contributed by atoms with Gasteiger partial charge in [-0.05, 0) is 41.2 Å². The van der Waals surface area contributed by atoms with Crippen LogP contribution in [0.2, 0.25) is 0 Å². The van der Waals surface area contributed by atoms with Gasteiger partial charge in [0.15, 0.2) is 0 Å². The Balaban J connectivity index is 1.71. The molecule has 0 saturated carbocycles. The summed E-state index contributed by atoms with van der Waals surface area (Å²) >= 11 is 0. The Hall–Kier alpha value is -4.04. The van der Waals surface area contributed by atoms with Crippen LogP contribution < -0.4 is 5.56 Å². The Bertz CT molecular complexity index is 1390. The lowest BCUT2D eigenvalue weighted by molar-refractivity contribution is 0.438. The van der Waals surface area contributed by atoms with Gasteiger partial charge in [0.05, 0.1) is 23.9 Å². The Morgan fingerprint density at radius 3 is 2.34 bits per heavy atom. The molecule has 0 unspecified atom stereocenters. The zero-order chi connectivity index (χ0) is 24.6. The SMILES string of the molecule is CCCCc1nc(CF)n(Cc2ccccc2)c(=O)c1Cc1ccc(-c2ccccc2C#N)cc1. The molecule has 0 fully saturated rings. The van der Waals surface area contributed by atoms with Crippen LogP contribution in [-0.2, 0) is 26.1 Å². The van der Waals surface area contributed by atoms with Crippen molar-refractivity contribution >= 4 is 0 Å². The zero-order valence-corrected chi connectivity index (χ0v) is 19.9. The van der Waals surface area contributed by atoms with Crippen LogP contribution in [0.1, 0.15) is 53.5 Å². The Kier molecular flexibility index (Phi) is 7.84. The molecule has 0 aliphatic heterocycles. The normalized spacial score (nSPS) is 10.8. The molecule has 0 aliphatic carbocycles. The minimum absolute atomic E-state index is 0.178. The number of nitrogens with zero attached hydrogens (tertiary/aromatic N) is 3. The third kappa shape index (κ3) is 5.55. The molecule has 0 bridgehead atoms. The monoisotopic (exact) mass is 465 g/mol. The van der Waals surface area contributed by atoms with Crippen molar-refractivity contribution in [1.29, 1.82) is 5.26 Å². The van der Waals surface area contributed by atoms with Gasteiger partial charge in [0, 0.05) is 12.0 Å². The number of rotatable bonds is 9. The maximum Gasteiger partial charge on any atom is 0.257 e. The van der Waals surface area contributed by atoms with E-state index in [1.807, 2.05) is 72.8 Å². The fourth-order valence-electron chi connectivity index (χ4n) is 4.29. The smallest absolute Gasteiger partial charge is 0.257 e. The van der Waals surface area contributed by atoms with E-state index >= 15 is 0 Å². The first-order valence-corrected chi connectivity index (χ1v) is 11.9. The molecule has 176 valence electrons. The van der Waals surface area contributed by atoms with E-state index in [0.717, 1.165) is 35.1 Å². The molecule has 0 radical (unpaired) electrons. The van der Waals surface area contributed by atoms with Gasteiger partial charge in [0.2, 0.25) is 0 Å². The minimum Gasteiger partial charge on any atom is -0.290 e. The summed E-state index contributed by atoms with van der Waals surface area (Å²) < 4.78 is 15.4. The van der Waals surface area contributed by atoms with Gasteiger partial charge in [-0.1, -0.05) is 86.1 Å². The second-order valence-corrected chi connectivity index (χ2v) is 8.60. The van der Waals surface area contributed by atoms with Gasteiger partial charge in [-0.3, -0.25) is 9.36 Å². The molecule has 1 heterocycles. The van der Waals surface area contributed by atoms with Crippen molar-refractivity contribution in [3.63, 3.8) is 0 Å². The Labute approximate surface area is 205 Å². The molecule has 1 aromatic heterocycles. The average molecular weight is 466 g/mol. The second kappa shape index (κ2) is 11.4. The molecule has 0 atom stereocenters. The van der Waals surface area contributed by atoms with Crippen molar-refractivity contribution < 1.29 is 4.39 Å². The van der Waals surface area contributed by atoms with Gasteiger partial charge in [0.25, 0.3) is 5.56 Å². The molecule has 0 amide bonds. The Morgan fingerprint density at radius 2 is 1.66 bits per heavy atom. The predicted octanol–water partition coefficient (Wildman–Crippen LogP) is 6.23. The van der Waals surface area contributed by atoms with Crippen LogP contribution >= 0.6 is 0 Å². The molecular weight excluding hydrogens is 437 g/mol. The third-order valence-corrected chi connectivity index (χ3v) is 6.19. The zero-order valence-electron chi connectivity index (χ0n) is 19.9. The van der Waals surface area contributed by atoms with E-state index in [1.165, 1.54) is 4.57 Å². The number of benzene rings is 3. The topological polar surface area (TPSA) is 58.7 Å². The average Bonchev–Trinajstić information content (AvgIpc) is 2.91.